The Morgan fingerprint density at radius 2 is 1.73 bits per heavy atom. The third-order valence-electron chi connectivity index (χ3n) is 2.03. The molecule has 1 saturated carbocycles. The third kappa shape index (κ3) is 2.98. The van der Waals surface area contributed by atoms with Crippen LogP contribution in [0.1, 0.15) is 32.1 Å². The van der Waals surface area contributed by atoms with Gasteiger partial charge in [-0.2, -0.15) is 0 Å². The average molecular weight is 322 g/mol. The summed E-state index contributed by atoms with van der Waals surface area (Å²) in [6.07, 6.45) is 4.82. The van der Waals surface area contributed by atoms with Crippen molar-refractivity contribution < 1.29 is 9.90 Å². The minimum absolute atomic E-state index is 0. The van der Waals surface area contributed by atoms with Crippen molar-refractivity contribution in [2.24, 2.45) is 0 Å². The van der Waals surface area contributed by atoms with Crippen LogP contribution in [-0.2, 0) is 4.79 Å². The molecule has 2 nitrogen and oxygen atoms in total. The summed E-state index contributed by atoms with van der Waals surface area (Å²) in [5.74, 6) is -0.702. The SMILES string of the molecule is O=C(O)C1(Br)CCCCC1.[In]. The summed E-state index contributed by atoms with van der Waals surface area (Å²) in [7, 11) is 0. The van der Waals surface area contributed by atoms with E-state index in [9.17, 15) is 4.79 Å². The van der Waals surface area contributed by atoms with Gasteiger partial charge >= 0.3 is 5.97 Å². The molecule has 0 unspecified atom stereocenters. The monoisotopic (exact) mass is 321 g/mol. The van der Waals surface area contributed by atoms with Gasteiger partial charge < -0.3 is 5.11 Å². The number of aliphatic carboxylic acids is 1. The molecule has 1 aliphatic carbocycles. The van der Waals surface area contributed by atoms with Crippen molar-refractivity contribution in [1.29, 1.82) is 0 Å². The quantitative estimate of drug-likeness (QED) is 0.748. The van der Waals surface area contributed by atoms with Gasteiger partial charge in [-0.25, -0.2) is 0 Å². The van der Waals surface area contributed by atoms with Gasteiger partial charge in [0.2, 0.25) is 0 Å². The molecule has 0 bridgehead atoms. The number of hydrogen-bond donors (Lipinski definition) is 1. The molecule has 0 aromatic rings. The molecule has 61 valence electrons. The molecular formula is C7H11BrInO2. The molecule has 0 aromatic heterocycles. The molecule has 0 atom stereocenters. The van der Waals surface area contributed by atoms with Crippen LogP contribution in [0.3, 0.4) is 0 Å². The van der Waals surface area contributed by atoms with Crippen LogP contribution in [0.5, 0.6) is 0 Å². The number of carbonyl (C=O) groups is 1. The van der Waals surface area contributed by atoms with Gasteiger partial charge in [-0.05, 0) is 12.8 Å². The first-order valence-electron chi connectivity index (χ1n) is 3.57. The van der Waals surface area contributed by atoms with Gasteiger partial charge in [0, 0.05) is 25.8 Å². The summed E-state index contributed by atoms with van der Waals surface area (Å²) in [6.45, 7) is 0. The number of rotatable bonds is 1. The molecule has 0 aliphatic heterocycles. The molecule has 1 aliphatic rings. The normalized spacial score (nSPS) is 21.9. The Kier molecular flexibility index (Phi) is 5.10. The molecular weight excluding hydrogens is 311 g/mol. The minimum atomic E-state index is -0.702. The summed E-state index contributed by atoms with van der Waals surface area (Å²) >= 11 is 3.26. The zero-order chi connectivity index (χ0) is 7.61. The Bertz CT molecular complexity index is 143. The predicted octanol–water partition coefficient (Wildman–Crippen LogP) is 1.79. The van der Waals surface area contributed by atoms with Crippen LogP contribution in [0.2, 0.25) is 0 Å². The second-order valence-electron chi connectivity index (χ2n) is 2.83. The van der Waals surface area contributed by atoms with Crippen molar-refractivity contribution in [3.8, 4) is 0 Å². The van der Waals surface area contributed by atoms with E-state index in [1.54, 1.807) is 0 Å². The van der Waals surface area contributed by atoms with Crippen LogP contribution in [0, 0.1) is 0 Å². The second-order valence-corrected chi connectivity index (χ2v) is 4.35. The molecule has 4 heteroatoms. The van der Waals surface area contributed by atoms with Gasteiger partial charge in [-0.1, -0.05) is 35.2 Å². The fourth-order valence-corrected chi connectivity index (χ4v) is 1.89. The van der Waals surface area contributed by atoms with Gasteiger partial charge in [0.1, 0.15) is 4.32 Å². The number of halogens is 1. The third-order valence-corrected chi connectivity index (χ3v) is 3.16. The Morgan fingerprint density at radius 1 is 1.27 bits per heavy atom. The minimum Gasteiger partial charge on any atom is -0.480 e. The number of carboxylic acids is 1. The molecule has 0 amide bonds. The molecule has 0 spiro atoms. The van der Waals surface area contributed by atoms with Crippen molar-refractivity contribution in [3.63, 3.8) is 0 Å². The first-order valence-corrected chi connectivity index (χ1v) is 4.37. The van der Waals surface area contributed by atoms with Crippen LogP contribution >= 0.6 is 15.9 Å². The summed E-state index contributed by atoms with van der Waals surface area (Å²) in [5, 5.41) is 8.75. The van der Waals surface area contributed by atoms with Gasteiger partial charge in [-0.3, -0.25) is 4.79 Å². The Labute approximate surface area is 93.7 Å². The summed E-state index contributed by atoms with van der Waals surface area (Å²) < 4.78 is -0.592. The topological polar surface area (TPSA) is 37.3 Å². The van der Waals surface area contributed by atoms with E-state index in [4.69, 9.17) is 5.11 Å². The maximum absolute atomic E-state index is 10.6. The van der Waals surface area contributed by atoms with Crippen LogP contribution in [0.4, 0.5) is 0 Å². The average Bonchev–Trinajstić information content (AvgIpc) is 1.89. The molecule has 1 fully saturated rings. The van der Waals surface area contributed by atoms with E-state index in [0.717, 1.165) is 25.7 Å². The molecule has 1 N–H and O–H groups in total. The smallest absolute Gasteiger partial charge is 0.320 e. The maximum Gasteiger partial charge on any atom is 0.320 e. The Balaban J connectivity index is 0.000001000. The van der Waals surface area contributed by atoms with E-state index in [2.05, 4.69) is 15.9 Å². The fourth-order valence-electron chi connectivity index (χ4n) is 1.33. The largest absolute Gasteiger partial charge is 0.480 e. The zero-order valence-electron chi connectivity index (χ0n) is 6.35. The van der Waals surface area contributed by atoms with Crippen molar-refractivity contribution in [2.75, 3.05) is 0 Å². The predicted molar refractivity (Wildman–Crippen MR) is 48.1 cm³/mol. The van der Waals surface area contributed by atoms with Gasteiger partial charge in [0.05, 0.1) is 0 Å². The number of carboxylic acid groups (broad SMARTS) is 1. The van der Waals surface area contributed by atoms with Crippen molar-refractivity contribution >= 4 is 47.7 Å². The molecule has 11 heavy (non-hydrogen) atoms. The van der Waals surface area contributed by atoms with E-state index in [0.29, 0.717) is 0 Å². The second kappa shape index (κ2) is 4.75. The van der Waals surface area contributed by atoms with Crippen LogP contribution < -0.4 is 0 Å². The summed E-state index contributed by atoms with van der Waals surface area (Å²) in [5.41, 5.74) is 0. The van der Waals surface area contributed by atoms with Gasteiger partial charge in [-0.15, -0.1) is 0 Å². The molecule has 0 heterocycles. The summed E-state index contributed by atoms with van der Waals surface area (Å²) in [6, 6.07) is 0. The van der Waals surface area contributed by atoms with Crippen LogP contribution in [0.15, 0.2) is 0 Å². The van der Waals surface area contributed by atoms with E-state index < -0.39 is 10.3 Å². The fraction of sp³-hybridized carbons (Fsp3) is 0.857. The standard InChI is InChI=1S/C7H11BrO2.In/c8-7(6(9)10)4-2-1-3-5-7;/h1-5H2,(H,9,10);. The van der Waals surface area contributed by atoms with E-state index >= 15 is 0 Å². The van der Waals surface area contributed by atoms with Gasteiger partial charge in [0.15, 0.2) is 0 Å². The molecule has 1 rings (SSSR count). The van der Waals surface area contributed by atoms with Crippen molar-refractivity contribution in [2.45, 2.75) is 36.4 Å². The Morgan fingerprint density at radius 3 is 2.00 bits per heavy atom. The van der Waals surface area contributed by atoms with Crippen molar-refractivity contribution in [3.05, 3.63) is 0 Å². The Hall–Kier alpha value is 0.820. The first kappa shape index (κ1) is 11.8. The van der Waals surface area contributed by atoms with Crippen molar-refractivity contribution in [1.82, 2.24) is 0 Å². The zero-order valence-corrected chi connectivity index (χ0v) is 11.2. The van der Waals surface area contributed by atoms with E-state index in [-0.39, 0.29) is 25.8 Å². The van der Waals surface area contributed by atoms with E-state index in [1.807, 2.05) is 0 Å². The van der Waals surface area contributed by atoms with E-state index in [1.165, 1.54) is 6.42 Å². The number of alkyl halides is 1. The molecule has 3 radical (unpaired) electrons. The molecule has 0 saturated heterocycles. The van der Waals surface area contributed by atoms with Crippen LogP contribution in [-0.4, -0.2) is 41.2 Å². The molecule has 0 aromatic carbocycles. The van der Waals surface area contributed by atoms with Gasteiger partial charge in [0.25, 0.3) is 0 Å². The first-order chi connectivity index (χ1) is 4.65. The van der Waals surface area contributed by atoms with Crippen LogP contribution in [0.25, 0.3) is 0 Å². The maximum atomic E-state index is 10.6. The number of hydrogen-bond acceptors (Lipinski definition) is 1. The summed E-state index contributed by atoms with van der Waals surface area (Å²) in [4.78, 5) is 10.6.